The Kier molecular flexibility index (Phi) is 6.07. The summed E-state index contributed by atoms with van der Waals surface area (Å²) in [5, 5.41) is 6.20. The smallest absolute Gasteiger partial charge is 0.251 e. The first-order valence-electron chi connectivity index (χ1n) is 10.5. The third kappa shape index (κ3) is 5.34. The lowest BCUT2D eigenvalue weighted by atomic mass is 10.00. The molecule has 1 aliphatic rings. The van der Waals surface area contributed by atoms with E-state index in [9.17, 15) is 9.59 Å². The molecule has 0 saturated heterocycles. The number of aryl methyl sites for hydroxylation is 1. The SMILES string of the molecule is Cc1ccc(-c2cc(NCC(=O)C3CC3)cc(C(=O)NC(C)c3cnccn3)c2)cc1. The Morgan fingerprint density at radius 3 is 2.52 bits per heavy atom. The van der Waals surface area contributed by atoms with Gasteiger partial charge in [0.15, 0.2) is 5.78 Å². The number of ketones is 1. The predicted octanol–water partition coefficient (Wildman–Crippen LogP) is 4.33. The Labute approximate surface area is 182 Å². The summed E-state index contributed by atoms with van der Waals surface area (Å²) in [5.74, 6) is 0.218. The van der Waals surface area contributed by atoms with Crippen molar-refractivity contribution in [2.24, 2.45) is 5.92 Å². The first-order chi connectivity index (χ1) is 15.0. The summed E-state index contributed by atoms with van der Waals surface area (Å²) in [6.07, 6.45) is 6.82. The highest BCUT2D eigenvalue weighted by molar-refractivity contribution is 5.97. The Hall–Kier alpha value is -3.54. The van der Waals surface area contributed by atoms with Crippen molar-refractivity contribution in [2.75, 3.05) is 11.9 Å². The minimum atomic E-state index is -0.280. The molecule has 4 rings (SSSR count). The molecule has 158 valence electrons. The van der Waals surface area contributed by atoms with Gasteiger partial charge in [0.2, 0.25) is 0 Å². The average molecular weight is 415 g/mol. The van der Waals surface area contributed by atoms with E-state index in [0.717, 1.165) is 29.7 Å². The maximum Gasteiger partial charge on any atom is 0.251 e. The first kappa shape index (κ1) is 20.7. The number of nitrogens with zero attached hydrogens (tertiary/aromatic N) is 2. The Morgan fingerprint density at radius 1 is 1.06 bits per heavy atom. The van der Waals surface area contributed by atoms with Gasteiger partial charge in [0.1, 0.15) is 0 Å². The van der Waals surface area contributed by atoms with Crippen LogP contribution < -0.4 is 10.6 Å². The molecule has 1 unspecified atom stereocenters. The fraction of sp³-hybridized carbons (Fsp3) is 0.280. The van der Waals surface area contributed by atoms with Crippen LogP contribution in [-0.2, 0) is 4.79 Å². The summed E-state index contributed by atoms with van der Waals surface area (Å²) in [4.78, 5) is 33.5. The van der Waals surface area contributed by atoms with Crippen LogP contribution in [0.2, 0.25) is 0 Å². The lowest BCUT2D eigenvalue weighted by Crippen LogP contribution is -2.27. The van der Waals surface area contributed by atoms with Crippen LogP contribution in [0.4, 0.5) is 5.69 Å². The third-order valence-electron chi connectivity index (χ3n) is 5.45. The molecule has 0 spiro atoms. The molecule has 1 aromatic heterocycles. The van der Waals surface area contributed by atoms with Gasteiger partial charge in [0.25, 0.3) is 5.91 Å². The molecule has 1 heterocycles. The van der Waals surface area contributed by atoms with Crippen molar-refractivity contribution in [3.8, 4) is 11.1 Å². The molecule has 1 aliphatic carbocycles. The second-order valence-electron chi connectivity index (χ2n) is 8.08. The van der Waals surface area contributed by atoms with Crippen molar-refractivity contribution in [3.05, 3.63) is 77.9 Å². The summed E-state index contributed by atoms with van der Waals surface area (Å²) in [6.45, 7) is 4.19. The van der Waals surface area contributed by atoms with Crippen LogP contribution in [0.1, 0.15) is 47.4 Å². The molecule has 2 N–H and O–H groups in total. The summed E-state index contributed by atoms with van der Waals surface area (Å²) < 4.78 is 0. The largest absolute Gasteiger partial charge is 0.378 e. The zero-order valence-electron chi connectivity index (χ0n) is 17.8. The number of hydrogen-bond donors (Lipinski definition) is 2. The van der Waals surface area contributed by atoms with Crippen molar-refractivity contribution in [2.45, 2.75) is 32.7 Å². The van der Waals surface area contributed by atoms with Crippen molar-refractivity contribution >= 4 is 17.4 Å². The van der Waals surface area contributed by atoms with E-state index in [2.05, 4.69) is 20.6 Å². The molecule has 1 atom stereocenters. The van der Waals surface area contributed by atoms with Crippen molar-refractivity contribution in [1.29, 1.82) is 0 Å². The molecule has 0 bridgehead atoms. The van der Waals surface area contributed by atoms with Crippen LogP contribution in [0, 0.1) is 12.8 Å². The van der Waals surface area contributed by atoms with E-state index in [-0.39, 0.29) is 30.2 Å². The van der Waals surface area contributed by atoms with Gasteiger partial charge >= 0.3 is 0 Å². The lowest BCUT2D eigenvalue weighted by molar-refractivity contribution is -0.118. The zero-order valence-corrected chi connectivity index (χ0v) is 17.8. The van der Waals surface area contributed by atoms with Gasteiger partial charge in [-0.25, -0.2) is 0 Å². The number of amides is 1. The van der Waals surface area contributed by atoms with Crippen molar-refractivity contribution in [1.82, 2.24) is 15.3 Å². The number of rotatable bonds is 8. The maximum atomic E-state index is 13.0. The van der Waals surface area contributed by atoms with E-state index in [1.54, 1.807) is 24.7 Å². The molecular formula is C25H26N4O2. The molecule has 0 aliphatic heterocycles. The minimum Gasteiger partial charge on any atom is -0.378 e. The minimum absolute atomic E-state index is 0.198. The van der Waals surface area contributed by atoms with E-state index in [4.69, 9.17) is 0 Å². The van der Waals surface area contributed by atoms with E-state index < -0.39 is 0 Å². The van der Waals surface area contributed by atoms with Crippen LogP contribution in [0.15, 0.2) is 61.1 Å². The number of nitrogens with one attached hydrogen (secondary N) is 2. The van der Waals surface area contributed by atoms with Crippen LogP contribution in [-0.4, -0.2) is 28.2 Å². The molecule has 3 aromatic rings. The van der Waals surface area contributed by atoms with Gasteiger partial charge in [0.05, 0.1) is 24.5 Å². The monoisotopic (exact) mass is 414 g/mol. The van der Waals surface area contributed by atoms with E-state index >= 15 is 0 Å². The summed E-state index contributed by atoms with van der Waals surface area (Å²) >= 11 is 0. The molecule has 1 fully saturated rings. The molecule has 31 heavy (non-hydrogen) atoms. The second kappa shape index (κ2) is 9.08. The first-order valence-corrected chi connectivity index (χ1v) is 10.5. The van der Waals surface area contributed by atoms with Gasteiger partial charge < -0.3 is 10.6 Å². The van der Waals surface area contributed by atoms with Crippen LogP contribution in [0.25, 0.3) is 11.1 Å². The van der Waals surface area contributed by atoms with E-state index in [1.807, 2.05) is 50.2 Å². The quantitative estimate of drug-likeness (QED) is 0.573. The number of carbonyl (C=O) groups is 2. The topological polar surface area (TPSA) is 84.0 Å². The summed E-state index contributed by atoms with van der Waals surface area (Å²) in [6, 6.07) is 13.5. The summed E-state index contributed by atoms with van der Waals surface area (Å²) in [5.41, 5.74) is 5.07. The van der Waals surface area contributed by atoms with Gasteiger partial charge in [-0.3, -0.25) is 19.6 Å². The van der Waals surface area contributed by atoms with E-state index in [1.165, 1.54) is 5.56 Å². The van der Waals surface area contributed by atoms with Gasteiger partial charge in [0, 0.05) is 29.6 Å². The maximum absolute atomic E-state index is 13.0. The number of benzene rings is 2. The molecule has 1 saturated carbocycles. The third-order valence-corrected chi connectivity index (χ3v) is 5.45. The fourth-order valence-electron chi connectivity index (χ4n) is 3.40. The molecule has 6 nitrogen and oxygen atoms in total. The van der Waals surface area contributed by atoms with Gasteiger partial charge in [-0.05, 0) is 56.0 Å². The highest BCUT2D eigenvalue weighted by atomic mass is 16.1. The van der Waals surface area contributed by atoms with Crippen LogP contribution in [0.5, 0.6) is 0 Å². The Morgan fingerprint density at radius 2 is 1.84 bits per heavy atom. The Balaban J connectivity index is 1.59. The molecule has 6 heteroatoms. The van der Waals surface area contributed by atoms with Gasteiger partial charge in [-0.1, -0.05) is 29.8 Å². The number of carbonyl (C=O) groups excluding carboxylic acids is 2. The molecule has 0 radical (unpaired) electrons. The molecular weight excluding hydrogens is 388 g/mol. The number of anilines is 1. The lowest BCUT2D eigenvalue weighted by Gasteiger charge is -2.15. The number of hydrogen-bond acceptors (Lipinski definition) is 5. The average Bonchev–Trinajstić information content (AvgIpc) is 3.64. The number of aromatic nitrogens is 2. The standard InChI is InChI=1S/C25H26N4O2/c1-16-3-5-18(6-4-16)20-11-21(13-22(12-20)28-15-24(30)19-7-8-19)25(31)29-17(2)23-14-26-9-10-27-23/h3-6,9-14,17,19,28H,7-8,15H2,1-2H3,(H,29,31). The van der Waals surface area contributed by atoms with Gasteiger partial charge in [-0.15, -0.1) is 0 Å². The van der Waals surface area contributed by atoms with E-state index in [0.29, 0.717) is 11.3 Å². The number of Topliss-reactive ketones (excluding diaryl/α,β-unsaturated/α-hetero) is 1. The van der Waals surface area contributed by atoms with Gasteiger partial charge in [-0.2, -0.15) is 0 Å². The van der Waals surface area contributed by atoms with Crippen molar-refractivity contribution < 1.29 is 9.59 Å². The van der Waals surface area contributed by atoms with Crippen LogP contribution >= 0.6 is 0 Å². The fourth-order valence-corrected chi connectivity index (χ4v) is 3.40. The summed E-state index contributed by atoms with van der Waals surface area (Å²) in [7, 11) is 0. The molecule has 1 amide bonds. The second-order valence-corrected chi connectivity index (χ2v) is 8.08. The normalized spacial score (nSPS) is 14.0. The zero-order chi connectivity index (χ0) is 21.8. The Bertz CT molecular complexity index is 1080. The van der Waals surface area contributed by atoms with Crippen molar-refractivity contribution in [3.63, 3.8) is 0 Å². The predicted molar refractivity (Wildman–Crippen MR) is 121 cm³/mol. The highest BCUT2D eigenvalue weighted by Crippen LogP contribution is 2.30. The van der Waals surface area contributed by atoms with Crippen LogP contribution in [0.3, 0.4) is 0 Å². The highest BCUT2D eigenvalue weighted by Gasteiger charge is 2.28. The molecule has 2 aromatic carbocycles.